The van der Waals surface area contributed by atoms with Crippen LogP contribution in [0.25, 0.3) is 0 Å². The quantitative estimate of drug-likeness (QED) is 0.596. The van der Waals surface area contributed by atoms with Crippen LogP contribution in [0.5, 0.6) is 0 Å². The summed E-state index contributed by atoms with van der Waals surface area (Å²) >= 11 is 0. The van der Waals surface area contributed by atoms with Crippen molar-refractivity contribution in [1.29, 1.82) is 0 Å². The van der Waals surface area contributed by atoms with E-state index < -0.39 is 5.67 Å². The largest absolute Gasteiger partial charge is 0.319 e. The van der Waals surface area contributed by atoms with Crippen molar-refractivity contribution in [3.63, 3.8) is 0 Å². The first-order chi connectivity index (χ1) is 4.14. The van der Waals surface area contributed by atoms with Gasteiger partial charge in [0.2, 0.25) is 0 Å². The van der Waals surface area contributed by atoms with Crippen molar-refractivity contribution < 1.29 is 4.39 Å². The van der Waals surface area contributed by atoms with Crippen molar-refractivity contribution in [3.8, 4) is 0 Å². The highest BCUT2D eigenvalue weighted by atomic mass is 19.1. The second-order valence-corrected chi connectivity index (χ2v) is 3.25. The van der Waals surface area contributed by atoms with Crippen LogP contribution in [0.1, 0.15) is 19.8 Å². The molecule has 1 rings (SSSR count). The highest BCUT2D eigenvalue weighted by Gasteiger charge is 2.39. The second-order valence-electron chi connectivity index (χ2n) is 3.25. The van der Waals surface area contributed by atoms with E-state index in [0.717, 1.165) is 19.4 Å². The standard InChI is InChI=1S/C7H14FN/c1-7(8)3-6(4-7)5-9-2/h6,9H,3-5H2,1-2H3. The molecule has 0 aliphatic heterocycles. The van der Waals surface area contributed by atoms with Crippen molar-refractivity contribution in [3.05, 3.63) is 0 Å². The Hall–Kier alpha value is -0.110. The third-order valence-corrected chi connectivity index (χ3v) is 1.92. The lowest BCUT2D eigenvalue weighted by Gasteiger charge is -2.38. The van der Waals surface area contributed by atoms with Gasteiger partial charge in [-0.1, -0.05) is 0 Å². The Labute approximate surface area is 55.6 Å². The molecule has 0 spiro atoms. The van der Waals surface area contributed by atoms with Crippen LogP contribution >= 0.6 is 0 Å². The van der Waals surface area contributed by atoms with Gasteiger partial charge in [0, 0.05) is 0 Å². The first kappa shape index (κ1) is 7.00. The minimum Gasteiger partial charge on any atom is -0.319 e. The summed E-state index contributed by atoms with van der Waals surface area (Å²) in [6, 6.07) is 0. The molecule has 1 saturated carbocycles. The van der Waals surface area contributed by atoms with E-state index in [0.29, 0.717) is 5.92 Å². The van der Waals surface area contributed by atoms with E-state index in [1.807, 2.05) is 7.05 Å². The molecule has 0 aromatic heterocycles. The third-order valence-electron chi connectivity index (χ3n) is 1.92. The molecule has 1 aliphatic rings. The van der Waals surface area contributed by atoms with Gasteiger partial charge < -0.3 is 5.32 Å². The molecule has 1 fully saturated rings. The lowest BCUT2D eigenvalue weighted by molar-refractivity contribution is 0.0267. The fourth-order valence-electron chi connectivity index (χ4n) is 1.58. The average molecular weight is 131 g/mol. The Kier molecular flexibility index (Phi) is 1.75. The number of alkyl halides is 1. The predicted molar refractivity (Wildman–Crippen MR) is 36.2 cm³/mol. The van der Waals surface area contributed by atoms with Gasteiger partial charge in [0.15, 0.2) is 0 Å². The van der Waals surface area contributed by atoms with Gasteiger partial charge in [-0.3, -0.25) is 0 Å². The topological polar surface area (TPSA) is 12.0 Å². The summed E-state index contributed by atoms with van der Waals surface area (Å²) in [6.45, 7) is 2.65. The molecule has 1 N–H and O–H groups in total. The molecule has 0 atom stereocenters. The summed E-state index contributed by atoms with van der Waals surface area (Å²) < 4.78 is 12.8. The number of nitrogens with one attached hydrogen (secondary N) is 1. The summed E-state index contributed by atoms with van der Waals surface area (Å²) in [7, 11) is 1.91. The minimum absolute atomic E-state index is 0.588. The molecule has 1 nitrogen and oxygen atoms in total. The van der Waals surface area contributed by atoms with Gasteiger partial charge in [-0.25, -0.2) is 4.39 Å². The van der Waals surface area contributed by atoms with Gasteiger partial charge in [0.25, 0.3) is 0 Å². The highest BCUT2D eigenvalue weighted by molar-refractivity contribution is 4.91. The zero-order valence-electron chi connectivity index (χ0n) is 6.08. The summed E-state index contributed by atoms with van der Waals surface area (Å²) in [6.07, 6.45) is 1.49. The fraction of sp³-hybridized carbons (Fsp3) is 1.00. The van der Waals surface area contributed by atoms with Crippen LogP contribution in [0, 0.1) is 5.92 Å². The molecule has 54 valence electrons. The van der Waals surface area contributed by atoms with E-state index in [9.17, 15) is 4.39 Å². The van der Waals surface area contributed by atoms with Gasteiger partial charge in [-0.05, 0) is 39.3 Å². The monoisotopic (exact) mass is 131 g/mol. The van der Waals surface area contributed by atoms with Crippen LogP contribution in [0.4, 0.5) is 4.39 Å². The van der Waals surface area contributed by atoms with E-state index >= 15 is 0 Å². The van der Waals surface area contributed by atoms with E-state index in [1.54, 1.807) is 6.92 Å². The second kappa shape index (κ2) is 2.25. The third kappa shape index (κ3) is 1.65. The van der Waals surface area contributed by atoms with Crippen molar-refractivity contribution >= 4 is 0 Å². The molecule has 0 heterocycles. The number of hydrogen-bond acceptors (Lipinski definition) is 1. The SMILES string of the molecule is CNCC1CC(C)(F)C1. The molecule has 0 unspecified atom stereocenters. The van der Waals surface area contributed by atoms with Gasteiger partial charge in [0.05, 0.1) is 0 Å². The lowest BCUT2D eigenvalue weighted by Crippen LogP contribution is -2.41. The molecular weight excluding hydrogens is 117 g/mol. The van der Waals surface area contributed by atoms with Crippen LogP contribution in [-0.2, 0) is 0 Å². The number of rotatable bonds is 2. The number of halogens is 1. The van der Waals surface area contributed by atoms with Gasteiger partial charge in [0.1, 0.15) is 5.67 Å². The summed E-state index contributed by atoms with van der Waals surface area (Å²) in [5.74, 6) is 0.588. The predicted octanol–water partition coefficient (Wildman–Crippen LogP) is 1.34. The normalized spacial score (nSPS) is 42.3. The van der Waals surface area contributed by atoms with Crippen molar-refractivity contribution in [2.45, 2.75) is 25.4 Å². The van der Waals surface area contributed by atoms with E-state index in [-0.39, 0.29) is 0 Å². The first-order valence-electron chi connectivity index (χ1n) is 3.47. The van der Waals surface area contributed by atoms with Crippen molar-refractivity contribution in [2.24, 2.45) is 5.92 Å². The molecule has 0 aromatic carbocycles. The molecule has 0 aromatic rings. The minimum atomic E-state index is -0.846. The summed E-state index contributed by atoms with van der Waals surface area (Å²) in [4.78, 5) is 0. The molecule has 2 heteroatoms. The molecule has 0 radical (unpaired) electrons. The average Bonchev–Trinajstić information content (AvgIpc) is 1.62. The fourth-order valence-corrected chi connectivity index (χ4v) is 1.58. The van der Waals surface area contributed by atoms with Gasteiger partial charge in [-0.15, -0.1) is 0 Å². The zero-order valence-corrected chi connectivity index (χ0v) is 6.08. The van der Waals surface area contributed by atoms with E-state index in [1.165, 1.54) is 0 Å². The first-order valence-corrected chi connectivity index (χ1v) is 3.47. The summed E-state index contributed by atoms with van der Waals surface area (Å²) in [5.41, 5.74) is -0.846. The maximum atomic E-state index is 12.8. The Morgan fingerprint density at radius 3 is 2.56 bits per heavy atom. The Bertz CT molecular complexity index is 93.1. The van der Waals surface area contributed by atoms with Crippen LogP contribution in [0.3, 0.4) is 0 Å². The molecule has 1 aliphatic carbocycles. The maximum Gasteiger partial charge on any atom is 0.108 e. The van der Waals surface area contributed by atoms with Crippen LogP contribution < -0.4 is 5.32 Å². The lowest BCUT2D eigenvalue weighted by atomic mass is 9.73. The maximum absolute atomic E-state index is 12.8. The zero-order chi connectivity index (χ0) is 6.91. The Morgan fingerprint density at radius 1 is 1.67 bits per heavy atom. The molecule has 0 saturated heterocycles. The van der Waals surface area contributed by atoms with Crippen molar-refractivity contribution in [2.75, 3.05) is 13.6 Å². The van der Waals surface area contributed by atoms with Crippen molar-refractivity contribution in [1.82, 2.24) is 5.32 Å². The Morgan fingerprint density at radius 2 is 2.22 bits per heavy atom. The highest BCUT2D eigenvalue weighted by Crippen LogP contribution is 2.39. The smallest absolute Gasteiger partial charge is 0.108 e. The molecule has 9 heavy (non-hydrogen) atoms. The van der Waals surface area contributed by atoms with Crippen LogP contribution in [0.2, 0.25) is 0 Å². The summed E-state index contributed by atoms with van der Waals surface area (Å²) in [5, 5.41) is 3.04. The van der Waals surface area contributed by atoms with Gasteiger partial charge >= 0.3 is 0 Å². The van der Waals surface area contributed by atoms with E-state index in [2.05, 4.69) is 5.32 Å². The molecule has 0 bridgehead atoms. The number of hydrogen-bond donors (Lipinski definition) is 1. The van der Waals surface area contributed by atoms with Crippen LogP contribution in [-0.4, -0.2) is 19.3 Å². The Balaban J connectivity index is 2.12. The van der Waals surface area contributed by atoms with Gasteiger partial charge in [-0.2, -0.15) is 0 Å². The molecular formula is C7H14FN. The van der Waals surface area contributed by atoms with Crippen LogP contribution in [0.15, 0.2) is 0 Å². The van der Waals surface area contributed by atoms with E-state index in [4.69, 9.17) is 0 Å². The molecule has 0 amide bonds.